The molecule has 1 aliphatic carbocycles. The molecule has 68 valence electrons. The number of hydrogen-bond donors (Lipinski definition) is 0. The van der Waals surface area contributed by atoms with Crippen molar-refractivity contribution in [1.82, 2.24) is 0 Å². The van der Waals surface area contributed by atoms with Gasteiger partial charge in [-0.15, -0.1) is 0 Å². The number of rotatable bonds is 3. The van der Waals surface area contributed by atoms with E-state index in [0.717, 1.165) is 25.5 Å². The van der Waals surface area contributed by atoms with Gasteiger partial charge in [0.25, 0.3) is 0 Å². The first kappa shape index (κ1) is 8.49. The molecule has 0 heterocycles. The molecular formula is C12H14O. The predicted octanol–water partition coefficient (Wildman–Crippen LogP) is 2.48. The molecule has 0 bridgehead atoms. The van der Waals surface area contributed by atoms with Crippen molar-refractivity contribution in [3.63, 3.8) is 0 Å². The molecule has 0 aliphatic heterocycles. The minimum absolute atomic E-state index is 0.134. The zero-order valence-corrected chi connectivity index (χ0v) is 7.92. The molecule has 1 heteroatoms. The Morgan fingerprint density at radius 3 is 2.85 bits per heavy atom. The van der Waals surface area contributed by atoms with Gasteiger partial charge in [0, 0.05) is 0 Å². The Hall–Kier alpha value is -1.11. The minimum atomic E-state index is -0.134. The van der Waals surface area contributed by atoms with Crippen molar-refractivity contribution in [1.29, 1.82) is 0 Å². The first-order valence-corrected chi connectivity index (χ1v) is 4.87. The van der Waals surface area contributed by atoms with E-state index in [4.69, 9.17) is 0 Å². The Morgan fingerprint density at radius 2 is 2.23 bits per heavy atom. The van der Waals surface area contributed by atoms with Crippen LogP contribution in [0.1, 0.15) is 30.9 Å². The lowest BCUT2D eigenvalue weighted by atomic mass is 9.63. The fourth-order valence-electron chi connectivity index (χ4n) is 2.32. The molecule has 1 atom stereocenters. The lowest BCUT2D eigenvalue weighted by Crippen LogP contribution is -2.40. The molecule has 0 spiro atoms. The van der Waals surface area contributed by atoms with Gasteiger partial charge in [-0.2, -0.15) is 0 Å². The van der Waals surface area contributed by atoms with E-state index in [0.29, 0.717) is 0 Å². The highest BCUT2D eigenvalue weighted by atomic mass is 16.1. The van der Waals surface area contributed by atoms with E-state index in [-0.39, 0.29) is 5.41 Å². The highest BCUT2D eigenvalue weighted by Gasteiger charge is 2.41. The average Bonchev–Trinajstić information content (AvgIpc) is 2.14. The van der Waals surface area contributed by atoms with Crippen LogP contribution in [-0.2, 0) is 16.6 Å². The van der Waals surface area contributed by atoms with Gasteiger partial charge >= 0.3 is 0 Å². The van der Waals surface area contributed by atoms with Gasteiger partial charge in [-0.25, -0.2) is 0 Å². The highest BCUT2D eigenvalue weighted by Crippen LogP contribution is 2.42. The predicted molar refractivity (Wildman–Crippen MR) is 52.8 cm³/mol. The van der Waals surface area contributed by atoms with Crippen LogP contribution in [0.25, 0.3) is 0 Å². The van der Waals surface area contributed by atoms with Crippen LogP contribution in [0.15, 0.2) is 24.3 Å². The molecule has 1 aliphatic rings. The second-order valence-corrected chi connectivity index (χ2v) is 3.86. The van der Waals surface area contributed by atoms with E-state index in [1.54, 1.807) is 0 Å². The Morgan fingerprint density at radius 1 is 1.46 bits per heavy atom. The van der Waals surface area contributed by atoms with Crippen LogP contribution in [-0.4, -0.2) is 6.29 Å². The molecule has 2 rings (SSSR count). The molecular weight excluding hydrogens is 160 g/mol. The van der Waals surface area contributed by atoms with Gasteiger partial charge < -0.3 is 4.79 Å². The zero-order valence-electron chi connectivity index (χ0n) is 7.92. The van der Waals surface area contributed by atoms with Gasteiger partial charge in [0.05, 0.1) is 5.41 Å². The summed E-state index contributed by atoms with van der Waals surface area (Å²) < 4.78 is 0. The maximum absolute atomic E-state index is 11.1. The summed E-state index contributed by atoms with van der Waals surface area (Å²) in [5, 5.41) is 0. The van der Waals surface area contributed by atoms with Crippen LogP contribution in [0.2, 0.25) is 0 Å². The second-order valence-electron chi connectivity index (χ2n) is 3.86. The van der Waals surface area contributed by atoms with Crippen molar-refractivity contribution in [2.24, 2.45) is 0 Å². The summed E-state index contributed by atoms with van der Waals surface area (Å²) in [5.74, 6) is 0. The van der Waals surface area contributed by atoms with Gasteiger partial charge in [-0.3, -0.25) is 0 Å². The quantitative estimate of drug-likeness (QED) is 0.643. The number of benzene rings is 1. The summed E-state index contributed by atoms with van der Waals surface area (Å²) in [6, 6.07) is 8.26. The number of aldehydes is 1. The number of carbonyl (C=O) groups excluding carboxylic acids is 1. The molecule has 0 amide bonds. The molecule has 0 aromatic heterocycles. The van der Waals surface area contributed by atoms with E-state index in [9.17, 15) is 4.79 Å². The lowest BCUT2D eigenvalue weighted by Gasteiger charge is -2.39. The van der Waals surface area contributed by atoms with Crippen LogP contribution in [0.5, 0.6) is 0 Å². The van der Waals surface area contributed by atoms with Gasteiger partial charge in [0.1, 0.15) is 6.29 Å². The van der Waals surface area contributed by atoms with Crippen molar-refractivity contribution in [3.8, 4) is 0 Å². The van der Waals surface area contributed by atoms with Gasteiger partial charge in [0.15, 0.2) is 0 Å². The summed E-state index contributed by atoms with van der Waals surface area (Å²) in [7, 11) is 0. The van der Waals surface area contributed by atoms with Crippen LogP contribution in [0.4, 0.5) is 0 Å². The van der Waals surface area contributed by atoms with Crippen molar-refractivity contribution in [2.45, 2.75) is 31.6 Å². The number of fused-ring (bicyclic) bond motifs is 1. The maximum atomic E-state index is 11.1. The van der Waals surface area contributed by atoms with Gasteiger partial charge in [0.2, 0.25) is 0 Å². The SMILES string of the molecule is CCCC1(C=O)Cc2ccccc21. The number of carbonyl (C=O) groups is 1. The zero-order chi connectivity index (χ0) is 9.31. The van der Waals surface area contributed by atoms with Crippen LogP contribution in [0.3, 0.4) is 0 Å². The lowest BCUT2D eigenvalue weighted by molar-refractivity contribution is -0.113. The molecule has 0 saturated heterocycles. The van der Waals surface area contributed by atoms with Crippen LogP contribution >= 0.6 is 0 Å². The summed E-state index contributed by atoms with van der Waals surface area (Å²) in [6.45, 7) is 2.13. The molecule has 1 nitrogen and oxygen atoms in total. The summed E-state index contributed by atoms with van der Waals surface area (Å²) in [5.41, 5.74) is 2.47. The van der Waals surface area contributed by atoms with Gasteiger partial charge in [-0.1, -0.05) is 37.6 Å². The standard InChI is InChI=1S/C12H14O/c1-2-7-12(9-13)8-10-5-3-4-6-11(10)12/h3-6,9H,2,7-8H2,1H3. The topological polar surface area (TPSA) is 17.1 Å². The maximum Gasteiger partial charge on any atom is 0.130 e. The van der Waals surface area contributed by atoms with Crippen LogP contribution < -0.4 is 0 Å². The van der Waals surface area contributed by atoms with E-state index in [2.05, 4.69) is 19.1 Å². The van der Waals surface area contributed by atoms with Crippen LogP contribution in [0, 0.1) is 0 Å². The van der Waals surface area contributed by atoms with E-state index < -0.39 is 0 Å². The molecule has 0 radical (unpaired) electrons. The monoisotopic (exact) mass is 174 g/mol. The Bertz CT molecular complexity index is 330. The van der Waals surface area contributed by atoms with Crippen molar-refractivity contribution >= 4 is 6.29 Å². The number of hydrogen-bond acceptors (Lipinski definition) is 1. The molecule has 1 unspecified atom stereocenters. The molecule has 1 aromatic carbocycles. The first-order chi connectivity index (χ1) is 6.32. The van der Waals surface area contributed by atoms with Crippen molar-refractivity contribution in [3.05, 3.63) is 35.4 Å². The normalized spacial score (nSPS) is 24.7. The van der Waals surface area contributed by atoms with Crippen molar-refractivity contribution in [2.75, 3.05) is 0 Å². The second kappa shape index (κ2) is 2.99. The summed E-state index contributed by atoms with van der Waals surface area (Å²) in [6.07, 6.45) is 4.15. The minimum Gasteiger partial charge on any atom is -0.302 e. The Balaban J connectivity index is 2.35. The molecule has 1 aromatic rings. The fourth-order valence-corrected chi connectivity index (χ4v) is 2.32. The van der Waals surface area contributed by atoms with E-state index in [1.165, 1.54) is 11.1 Å². The van der Waals surface area contributed by atoms with E-state index >= 15 is 0 Å². The Labute approximate surface area is 78.8 Å². The summed E-state index contributed by atoms with van der Waals surface area (Å²) in [4.78, 5) is 11.1. The largest absolute Gasteiger partial charge is 0.302 e. The fraction of sp³-hybridized carbons (Fsp3) is 0.417. The molecule has 0 N–H and O–H groups in total. The average molecular weight is 174 g/mol. The third kappa shape index (κ3) is 1.11. The van der Waals surface area contributed by atoms with Crippen molar-refractivity contribution < 1.29 is 4.79 Å². The van der Waals surface area contributed by atoms with Gasteiger partial charge in [-0.05, 0) is 24.0 Å². The smallest absolute Gasteiger partial charge is 0.130 e. The van der Waals surface area contributed by atoms with E-state index in [1.807, 2.05) is 12.1 Å². The summed E-state index contributed by atoms with van der Waals surface area (Å²) >= 11 is 0. The molecule has 0 fully saturated rings. The molecule has 0 saturated carbocycles. The highest BCUT2D eigenvalue weighted by molar-refractivity contribution is 5.75. The Kier molecular flexibility index (Phi) is 1.95. The first-order valence-electron chi connectivity index (χ1n) is 4.87. The third-order valence-electron chi connectivity index (χ3n) is 2.98. The molecule has 13 heavy (non-hydrogen) atoms. The third-order valence-corrected chi connectivity index (χ3v) is 2.98.